The van der Waals surface area contributed by atoms with Gasteiger partial charge in [0, 0.05) is 18.8 Å². The van der Waals surface area contributed by atoms with E-state index in [1.807, 2.05) is 11.7 Å². The van der Waals surface area contributed by atoms with Crippen molar-refractivity contribution in [3.63, 3.8) is 0 Å². The van der Waals surface area contributed by atoms with Crippen LogP contribution < -0.4 is 5.32 Å². The Kier molecular flexibility index (Phi) is 4.61. The second-order valence-electron chi connectivity index (χ2n) is 5.57. The molecule has 1 unspecified atom stereocenters. The van der Waals surface area contributed by atoms with Gasteiger partial charge in [-0.15, -0.1) is 0 Å². The van der Waals surface area contributed by atoms with E-state index in [1.54, 1.807) is 0 Å². The first-order valence-electron chi connectivity index (χ1n) is 7.33. The average Bonchev–Trinajstić information content (AvgIpc) is 2.73. The predicted molar refractivity (Wildman–Crippen MR) is 84.0 cm³/mol. The molecule has 0 saturated carbocycles. The molecule has 3 heteroatoms. The Morgan fingerprint density at radius 1 is 1.20 bits per heavy atom. The topological polar surface area (TPSA) is 29.9 Å². The predicted octanol–water partition coefficient (Wildman–Crippen LogP) is 3.43. The fourth-order valence-electron chi connectivity index (χ4n) is 2.54. The van der Waals surface area contributed by atoms with E-state index in [0.717, 1.165) is 18.7 Å². The number of hydrogen-bond acceptors (Lipinski definition) is 2. The van der Waals surface area contributed by atoms with Crippen LogP contribution in [0.15, 0.2) is 24.4 Å². The van der Waals surface area contributed by atoms with E-state index in [0.29, 0.717) is 0 Å². The van der Waals surface area contributed by atoms with E-state index in [9.17, 15) is 0 Å². The smallest absolute Gasteiger partial charge is 0.0644 e. The van der Waals surface area contributed by atoms with Crippen LogP contribution in [0.25, 0.3) is 0 Å². The minimum atomic E-state index is 0.225. The molecule has 0 aliphatic rings. The molecular formula is C17H25N3. The van der Waals surface area contributed by atoms with Crippen LogP contribution in [0.1, 0.15) is 47.3 Å². The SMILES string of the molecule is CCCNC(c1ccc(C)c(C)c1)c1cn(C)nc1C. The molecule has 0 aliphatic carbocycles. The van der Waals surface area contributed by atoms with E-state index < -0.39 is 0 Å². The summed E-state index contributed by atoms with van der Waals surface area (Å²) in [5.41, 5.74) is 6.36. The van der Waals surface area contributed by atoms with Crippen LogP contribution >= 0.6 is 0 Å². The van der Waals surface area contributed by atoms with Gasteiger partial charge < -0.3 is 5.32 Å². The summed E-state index contributed by atoms with van der Waals surface area (Å²) in [7, 11) is 1.98. The molecule has 1 N–H and O–H groups in total. The molecule has 1 heterocycles. The highest BCUT2D eigenvalue weighted by molar-refractivity contribution is 5.37. The highest BCUT2D eigenvalue weighted by atomic mass is 15.3. The van der Waals surface area contributed by atoms with Gasteiger partial charge in [-0.25, -0.2) is 0 Å². The van der Waals surface area contributed by atoms with Crippen LogP contribution in [-0.4, -0.2) is 16.3 Å². The standard InChI is InChI=1S/C17H25N3/c1-6-9-18-17(16-11-20(5)19-14(16)4)15-8-7-12(2)13(3)10-15/h7-8,10-11,17-18H,6,9H2,1-5H3. The van der Waals surface area contributed by atoms with Crippen LogP contribution in [-0.2, 0) is 7.05 Å². The van der Waals surface area contributed by atoms with Gasteiger partial charge >= 0.3 is 0 Å². The van der Waals surface area contributed by atoms with Crippen molar-refractivity contribution >= 4 is 0 Å². The lowest BCUT2D eigenvalue weighted by atomic mass is 9.96. The Balaban J connectivity index is 2.41. The van der Waals surface area contributed by atoms with E-state index in [2.05, 4.69) is 62.5 Å². The van der Waals surface area contributed by atoms with Gasteiger partial charge in [0.2, 0.25) is 0 Å². The normalized spacial score (nSPS) is 12.7. The monoisotopic (exact) mass is 271 g/mol. The third-order valence-corrected chi connectivity index (χ3v) is 3.83. The van der Waals surface area contributed by atoms with Gasteiger partial charge in [-0.05, 0) is 50.4 Å². The molecule has 0 fully saturated rings. The summed E-state index contributed by atoms with van der Waals surface area (Å²) in [4.78, 5) is 0. The zero-order valence-corrected chi connectivity index (χ0v) is 13.2. The zero-order valence-electron chi connectivity index (χ0n) is 13.2. The number of nitrogens with zero attached hydrogens (tertiary/aromatic N) is 2. The Morgan fingerprint density at radius 2 is 1.95 bits per heavy atom. The van der Waals surface area contributed by atoms with Gasteiger partial charge in [0.25, 0.3) is 0 Å². The van der Waals surface area contributed by atoms with Gasteiger partial charge in [-0.1, -0.05) is 25.1 Å². The second kappa shape index (κ2) is 6.23. The van der Waals surface area contributed by atoms with Gasteiger partial charge in [0.1, 0.15) is 0 Å². The maximum Gasteiger partial charge on any atom is 0.0644 e. The first kappa shape index (κ1) is 14.8. The Hall–Kier alpha value is -1.61. The van der Waals surface area contributed by atoms with E-state index in [4.69, 9.17) is 0 Å². The minimum Gasteiger partial charge on any atom is -0.306 e. The molecule has 1 aromatic carbocycles. The summed E-state index contributed by atoms with van der Waals surface area (Å²) in [5, 5.41) is 8.13. The summed E-state index contributed by atoms with van der Waals surface area (Å²) in [6.07, 6.45) is 3.25. The molecule has 2 rings (SSSR count). The third-order valence-electron chi connectivity index (χ3n) is 3.83. The molecule has 1 atom stereocenters. The van der Waals surface area contributed by atoms with E-state index >= 15 is 0 Å². The molecule has 0 saturated heterocycles. The van der Waals surface area contributed by atoms with Crippen molar-refractivity contribution in [3.05, 3.63) is 52.3 Å². The quantitative estimate of drug-likeness (QED) is 0.903. The maximum atomic E-state index is 4.48. The highest BCUT2D eigenvalue weighted by Crippen LogP contribution is 2.26. The van der Waals surface area contributed by atoms with Crippen molar-refractivity contribution in [2.75, 3.05) is 6.54 Å². The van der Waals surface area contributed by atoms with Crippen molar-refractivity contribution in [1.29, 1.82) is 0 Å². The molecule has 0 amide bonds. The van der Waals surface area contributed by atoms with Gasteiger partial charge in [0.05, 0.1) is 11.7 Å². The Morgan fingerprint density at radius 3 is 2.50 bits per heavy atom. The lowest BCUT2D eigenvalue weighted by molar-refractivity contribution is 0.595. The molecule has 0 bridgehead atoms. The fourth-order valence-corrected chi connectivity index (χ4v) is 2.54. The minimum absolute atomic E-state index is 0.225. The van der Waals surface area contributed by atoms with Crippen LogP contribution in [0.2, 0.25) is 0 Å². The molecule has 3 nitrogen and oxygen atoms in total. The summed E-state index contributed by atoms with van der Waals surface area (Å²) in [6.45, 7) is 9.61. The van der Waals surface area contributed by atoms with E-state index in [1.165, 1.54) is 22.3 Å². The van der Waals surface area contributed by atoms with Crippen molar-refractivity contribution in [3.8, 4) is 0 Å². The number of nitrogens with one attached hydrogen (secondary N) is 1. The molecule has 0 spiro atoms. The summed E-state index contributed by atoms with van der Waals surface area (Å²) >= 11 is 0. The zero-order chi connectivity index (χ0) is 14.7. The number of hydrogen-bond donors (Lipinski definition) is 1. The van der Waals surface area contributed by atoms with Gasteiger partial charge in [-0.2, -0.15) is 5.10 Å². The van der Waals surface area contributed by atoms with Crippen LogP contribution in [0, 0.1) is 20.8 Å². The lowest BCUT2D eigenvalue weighted by Crippen LogP contribution is -2.23. The molecular weight excluding hydrogens is 246 g/mol. The van der Waals surface area contributed by atoms with Crippen molar-refractivity contribution < 1.29 is 0 Å². The third kappa shape index (κ3) is 3.10. The largest absolute Gasteiger partial charge is 0.306 e. The first-order valence-corrected chi connectivity index (χ1v) is 7.33. The molecule has 0 radical (unpaired) electrons. The highest BCUT2D eigenvalue weighted by Gasteiger charge is 2.18. The maximum absolute atomic E-state index is 4.48. The van der Waals surface area contributed by atoms with Crippen molar-refractivity contribution in [2.24, 2.45) is 7.05 Å². The van der Waals surface area contributed by atoms with Crippen LogP contribution in [0.3, 0.4) is 0 Å². The summed E-state index contributed by atoms with van der Waals surface area (Å²) < 4.78 is 1.90. The molecule has 2 aromatic rings. The lowest BCUT2D eigenvalue weighted by Gasteiger charge is -2.19. The number of rotatable bonds is 5. The number of aromatic nitrogens is 2. The fraction of sp³-hybridized carbons (Fsp3) is 0.471. The molecule has 20 heavy (non-hydrogen) atoms. The van der Waals surface area contributed by atoms with Crippen LogP contribution in [0.4, 0.5) is 0 Å². The summed E-state index contributed by atoms with van der Waals surface area (Å²) in [5.74, 6) is 0. The average molecular weight is 271 g/mol. The summed E-state index contributed by atoms with van der Waals surface area (Å²) in [6, 6.07) is 6.94. The first-order chi connectivity index (χ1) is 9.52. The van der Waals surface area contributed by atoms with Crippen LogP contribution in [0.5, 0.6) is 0 Å². The van der Waals surface area contributed by atoms with Gasteiger partial charge in [0.15, 0.2) is 0 Å². The molecule has 0 aliphatic heterocycles. The number of aryl methyl sites for hydroxylation is 4. The van der Waals surface area contributed by atoms with Crippen molar-refractivity contribution in [2.45, 2.75) is 40.2 Å². The van der Waals surface area contributed by atoms with Gasteiger partial charge in [-0.3, -0.25) is 4.68 Å². The second-order valence-corrected chi connectivity index (χ2v) is 5.57. The molecule has 108 valence electrons. The number of benzene rings is 1. The van der Waals surface area contributed by atoms with Crippen molar-refractivity contribution in [1.82, 2.24) is 15.1 Å². The Labute approximate surface area is 122 Å². The van der Waals surface area contributed by atoms with E-state index in [-0.39, 0.29) is 6.04 Å². The molecule has 1 aromatic heterocycles. The Bertz CT molecular complexity index is 584.